The molecule has 5 nitrogen and oxygen atoms in total. The van der Waals surface area contributed by atoms with Crippen molar-refractivity contribution in [2.24, 2.45) is 0 Å². The van der Waals surface area contributed by atoms with Crippen LogP contribution in [0.5, 0.6) is 17.2 Å². The molecule has 0 spiro atoms. The maximum atomic E-state index is 14.9. The van der Waals surface area contributed by atoms with E-state index in [0.29, 0.717) is 30.6 Å². The Morgan fingerprint density at radius 1 is 1.00 bits per heavy atom. The molecular weight excluding hydrogens is 467 g/mol. The van der Waals surface area contributed by atoms with Crippen LogP contribution in [0.2, 0.25) is 0 Å². The third-order valence-electron chi connectivity index (χ3n) is 7.48. The van der Waals surface area contributed by atoms with Gasteiger partial charge in [-0.05, 0) is 90.9 Å². The van der Waals surface area contributed by atoms with Gasteiger partial charge in [-0.15, -0.1) is 0 Å². The molecule has 0 bridgehead atoms. The molecule has 1 aliphatic rings. The molecule has 198 valence electrons. The second-order valence-electron chi connectivity index (χ2n) is 9.81. The predicted molar refractivity (Wildman–Crippen MR) is 148 cm³/mol. The van der Waals surface area contributed by atoms with Crippen molar-refractivity contribution in [1.82, 2.24) is 4.90 Å². The topological polar surface area (TPSA) is 45.2 Å². The molecule has 0 radical (unpaired) electrons. The summed E-state index contributed by atoms with van der Waals surface area (Å²) >= 11 is 0. The van der Waals surface area contributed by atoms with Crippen LogP contribution >= 0.6 is 0 Å². The zero-order chi connectivity index (χ0) is 26.4. The van der Waals surface area contributed by atoms with Gasteiger partial charge in [0.25, 0.3) is 0 Å². The lowest BCUT2D eigenvalue weighted by molar-refractivity contribution is 0.217. The van der Waals surface area contributed by atoms with Gasteiger partial charge in [0.05, 0.1) is 7.11 Å². The summed E-state index contributed by atoms with van der Waals surface area (Å²) in [7, 11) is 3.72. The van der Waals surface area contributed by atoms with Gasteiger partial charge in [0.2, 0.25) is 0 Å². The summed E-state index contributed by atoms with van der Waals surface area (Å²) in [4.78, 5) is 4.42. The number of phenolic OH excluding ortho intramolecular Hbond substituents is 1. The van der Waals surface area contributed by atoms with Crippen molar-refractivity contribution in [2.75, 3.05) is 45.3 Å². The summed E-state index contributed by atoms with van der Waals surface area (Å²) in [5.74, 6) is 1.46. The number of rotatable bonds is 11. The number of aromatic hydroxyl groups is 1. The molecule has 0 heterocycles. The molecule has 37 heavy (non-hydrogen) atoms. The Bertz CT molecular complexity index is 1200. The van der Waals surface area contributed by atoms with Gasteiger partial charge in [-0.25, -0.2) is 4.39 Å². The third kappa shape index (κ3) is 6.55. The highest BCUT2D eigenvalue weighted by Crippen LogP contribution is 2.40. The summed E-state index contributed by atoms with van der Waals surface area (Å²) < 4.78 is 26.1. The number of fused-ring (bicyclic) bond motifs is 1. The zero-order valence-corrected chi connectivity index (χ0v) is 22.5. The molecule has 0 saturated carbocycles. The number of anilines is 1. The first-order chi connectivity index (χ1) is 17.9. The van der Waals surface area contributed by atoms with Gasteiger partial charge in [-0.2, -0.15) is 0 Å². The maximum absolute atomic E-state index is 14.9. The third-order valence-corrected chi connectivity index (χ3v) is 7.48. The van der Waals surface area contributed by atoms with Crippen LogP contribution in [-0.4, -0.2) is 50.4 Å². The van der Waals surface area contributed by atoms with Gasteiger partial charge in [0.15, 0.2) is 11.6 Å². The molecular formula is C31H39FN2O3. The second kappa shape index (κ2) is 12.3. The van der Waals surface area contributed by atoms with Crippen LogP contribution < -0.4 is 14.4 Å². The van der Waals surface area contributed by atoms with Crippen molar-refractivity contribution in [3.63, 3.8) is 0 Å². The van der Waals surface area contributed by atoms with Crippen molar-refractivity contribution in [3.8, 4) is 17.2 Å². The first kappa shape index (κ1) is 26.8. The quantitative estimate of drug-likeness (QED) is 0.337. The fraction of sp³-hybridized carbons (Fsp3) is 0.419. The summed E-state index contributed by atoms with van der Waals surface area (Å²) in [5, 5.41) is 9.85. The molecule has 0 saturated heterocycles. The Morgan fingerprint density at radius 3 is 2.54 bits per heavy atom. The van der Waals surface area contributed by atoms with Gasteiger partial charge in [0.1, 0.15) is 18.1 Å². The van der Waals surface area contributed by atoms with E-state index in [4.69, 9.17) is 9.47 Å². The molecule has 3 aromatic rings. The van der Waals surface area contributed by atoms with Crippen molar-refractivity contribution in [1.29, 1.82) is 0 Å². The van der Waals surface area contributed by atoms with Crippen molar-refractivity contribution < 1.29 is 19.0 Å². The number of ether oxygens (including phenoxy) is 2. The number of methoxy groups -OCH3 is 1. The van der Waals surface area contributed by atoms with Crippen LogP contribution in [0.25, 0.3) is 0 Å². The molecule has 3 aromatic carbocycles. The lowest BCUT2D eigenvalue weighted by Crippen LogP contribution is -2.28. The van der Waals surface area contributed by atoms with E-state index >= 15 is 0 Å². The van der Waals surface area contributed by atoms with E-state index in [9.17, 15) is 9.50 Å². The maximum Gasteiger partial charge on any atom is 0.165 e. The molecule has 0 aromatic heterocycles. The van der Waals surface area contributed by atoms with Gasteiger partial charge < -0.3 is 24.4 Å². The van der Waals surface area contributed by atoms with E-state index in [1.165, 1.54) is 16.7 Å². The molecule has 1 aliphatic carbocycles. The second-order valence-corrected chi connectivity index (χ2v) is 9.81. The zero-order valence-electron chi connectivity index (χ0n) is 22.5. The molecule has 1 N–H and O–H groups in total. The molecule has 0 aliphatic heterocycles. The number of phenols is 1. The van der Waals surface area contributed by atoms with Crippen LogP contribution in [0.1, 0.15) is 48.4 Å². The van der Waals surface area contributed by atoms with Crippen LogP contribution in [0, 0.1) is 5.82 Å². The van der Waals surface area contributed by atoms with Crippen molar-refractivity contribution >= 4 is 5.69 Å². The minimum absolute atomic E-state index is 0.299. The van der Waals surface area contributed by atoms with Gasteiger partial charge in [-0.1, -0.05) is 32.0 Å². The van der Waals surface area contributed by atoms with Crippen LogP contribution in [0.15, 0.2) is 54.6 Å². The minimum Gasteiger partial charge on any atom is -0.508 e. The summed E-state index contributed by atoms with van der Waals surface area (Å²) in [6.07, 6.45) is 2.87. The SMILES string of the molecule is CCN(CC)CCOc1ccc(CN(C)c2cc(OC)ccc2C2CCc3cc(O)ccc3C2)cc1F. The van der Waals surface area contributed by atoms with Crippen LogP contribution in [0.3, 0.4) is 0 Å². The van der Waals surface area contributed by atoms with Gasteiger partial charge in [-0.3, -0.25) is 0 Å². The Balaban J connectivity index is 1.49. The first-order valence-electron chi connectivity index (χ1n) is 13.2. The van der Waals surface area contributed by atoms with E-state index in [2.05, 4.69) is 35.8 Å². The van der Waals surface area contributed by atoms with Crippen molar-refractivity contribution in [2.45, 2.75) is 45.6 Å². The molecule has 0 amide bonds. The number of hydrogen-bond donors (Lipinski definition) is 1. The normalized spacial score (nSPS) is 14.9. The molecule has 1 unspecified atom stereocenters. The molecule has 0 fully saturated rings. The number of aryl methyl sites for hydroxylation is 1. The van der Waals surface area contributed by atoms with E-state index < -0.39 is 0 Å². The Kier molecular flexibility index (Phi) is 8.93. The Morgan fingerprint density at radius 2 is 1.81 bits per heavy atom. The standard InChI is InChI=1S/C31H39FN2O3/c1-5-34(6-2)15-16-37-31-14-7-22(17-29(31)32)21-33(3)30-20-27(36-4)12-13-28(30)25-9-8-24-19-26(35)11-10-23(24)18-25/h7,10-14,17,19-20,25,35H,5-6,8-9,15-16,18,21H2,1-4H3. The number of halogens is 1. The monoisotopic (exact) mass is 506 g/mol. The van der Waals surface area contributed by atoms with Crippen LogP contribution in [0.4, 0.5) is 10.1 Å². The largest absolute Gasteiger partial charge is 0.508 e. The molecule has 1 atom stereocenters. The van der Waals surface area contributed by atoms with Gasteiger partial charge >= 0.3 is 0 Å². The number of hydrogen-bond acceptors (Lipinski definition) is 5. The molecule has 6 heteroatoms. The fourth-order valence-electron chi connectivity index (χ4n) is 5.28. The lowest BCUT2D eigenvalue weighted by Gasteiger charge is -2.30. The number of nitrogens with zero attached hydrogens (tertiary/aromatic N) is 2. The average Bonchev–Trinajstić information content (AvgIpc) is 2.91. The van der Waals surface area contributed by atoms with Gasteiger partial charge in [0, 0.05) is 31.9 Å². The lowest BCUT2D eigenvalue weighted by atomic mass is 9.79. The highest BCUT2D eigenvalue weighted by atomic mass is 19.1. The highest BCUT2D eigenvalue weighted by Gasteiger charge is 2.24. The fourth-order valence-corrected chi connectivity index (χ4v) is 5.28. The average molecular weight is 507 g/mol. The highest BCUT2D eigenvalue weighted by molar-refractivity contribution is 5.59. The number of benzene rings is 3. The van der Waals surface area contributed by atoms with E-state index in [-0.39, 0.29) is 5.82 Å². The minimum atomic E-state index is -0.330. The van der Waals surface area contributed by atoms with E-state index in [1.807, 2.05) is 31.3 Å². The van der Waals surface area contributed by atoms with Crippen molar-refractivity contribution in [3.05, 3.63) is 82.7 Å². The number of likely N-dealkylation sites (N-methyl/N-ethyl adjacent to an activating group) is 1. The summed E-state index contributed by atoms with van der Waals surface area (Å²) in [6, 6.07) is 17.2. The Labute approximate surface area is 220 Å². The Hall–Kier alpha value is -3.25. The summed E-state index contributed by atoms with van der Waals surface area (Å²) in [6.45, 7) is 7.95. The smallest absolute Gasteiger partial charge is 0.165 e. The molecule has 4 rings (SSSR count). The summed E-state index contributed by atoms with van der Waals surface area (Å²) in [5.41, 5.74) is 5.76. The first-order valence-corrected chi connectivity index (χ1v) is 13.2. The predicted octanol–water partition coefficient (Wildman–Crippen LogP) is 6.17. The van der Waals surface area contributed by atoms with Crippen LogP contribution in [-0.2, 0) is 19.4 Å². The van der Waals surface area contributed by atoms with E-state index in [1.54, 1.807) is 25.3 Å². The van der Waals surface area contributed by atoms with E-state index in [0.717, 1.165) is 55.9 Å².